The minimum atomic E-state index is -1.20. The Labute approximate surface area is 107 Å². The van der Waals surface area contributed by atoms with E-state index in [1.165, 1.54) is 12.1 Å². The normalized spacial score (nSPS) is 18.6. The highest BCUT2D eigenvalue weighted by Gasteiger charge is 2.23. The first-order chi connectivity index (χ1) is 8.58. The van der Waals surface area contributed by atoms with Gasteiger partial charge in [-0.2, -0.15) is 0 Å². The molecule has 96 valence electrons. The fourth-order valence-electron chi connectivity index (χ4n) is 1.60. The third-order valence-electron chi connectivity index (χ3n) is 2.52. The molecule has 0 bridgehead atoms. The number of aromatic carboxylic acids is 1. The largest absolute Gasteiger partial charge is 0.508 e. The van der Waals surface area contributed by atoms with E-state index in [4.69, 9.17) is 5.11 Å². The van der Waals surface area contributed by atoms with Crippen LogP contribution in [0.15, 0.2) is 18.2 Å². The molecule has 0 radical (unpaired) electrons. The monoisotopic (exact) mass is 268 g/mol. The number of nitrogens with one attached hydrogen (secondary N) is 2. The number of rotatable bonds is 3. The van der Waals surface area contributed by atoms with E-state index < -0.39 is 5.97 Å². The van der Waals surface area contributed by atoms with Crippen LogP contribution in [0.25, 0.3) is 0 Å². The van der Waals surface area contributed by atoms with Crippen LogP contribution in [-0.4, -0.2) is 39.8 Å². The molecule has 18 heavy (non-hydrogen) atoms. The predicted molar refractivity (Wildman–Crippen MR) is 67.9 cm³/mol. The first-order valence-corrected chi connectivity index (χ1v) is 6.41. The van der Waals surface area contributed by atoms with Crippen LogP contribution in [0.2, 0.25) is 0 Å². The summed E-state index contributed by atoms with van der Waals surface area (Å²) in [5.41, 5.74) is 0.0537. The smallest absolute Gasteiger partial charge is 0.337 e. The Hall–Kier alpha value is -1.73. The lowest BCUT2D eigenvalue weighted by Gasteiger charge is -2.12. The molecule has 7 heteroatoms. The molecule has 0 spiro atoms. The van der Waals surface area contributed by atoms with Gasteiger partial charge in [0, 0.05) is 11.6 Å². The van der Waals surface area contributed by atoms with Gasteiger partial charge < -0.3 is 15.5 Å². The van der Waals surface area contributed by atoms with Crippen molar-refractivity contribution in [1.82, 2.24) is 5.32 Å². The summed E-state index contributed by atoms with van der Waals surface area (Å²) >= 11 is 1.61. The van der Waals surface area contributed by atoms with Crippen molar-refractivity contribution in [2.24, 2.45) is 0 Å². The molecule has 0 aliphatic carbocycles. The molecule has 1 aliphatic rings. The average Bonchev–Trinajstić information content (AvgIpc) is 2.84. The molecule has 1 aliphatic heterocycles. The maximum atomic E-state index is 11.8. The van der Waals surface area contributed by atoms with Crippen LogP contribution in [0.4, 0.5) is 5.69 Å². The number of thioether (sulfide) groups is 1. The molecule has 4 N–H and O–H groups in total. The molecule has 1 saturated heterocycles. The van der Waals surface area contributed by atoms with E-state index >= 15 is 0 Å². The van der Waals surface area contributed by atoms with Crippen molar-refractivity contribution >= 4 is 29.3 Å². The second-order valence-corrected chi connectivity index (χ2v) is 4.83. The number of aromatic hydroxyl groups is 1. The molecule has 6 nitrogen and oxygen atoms in total. The van der Waals surface area contributed by atoms with Crippen molar-refractivity contribution < 1.29 is 19.8 Å². The van der Waals surface area contributed by atoms with Crippen LogP contribution >= 0.6 is 11.8 Å². The maximum absolute atomic E-state index is 11.8. The third-order valence-corrected chi connectivity index (χ3v) is 3.46. The number of carboxylic acids is 1. The van der Waals surface area contributed by atoms with Gasteiger partial charge in [0.1, 0.15) is 5.75 Å². The Morgan fingerprint density at radius 2 is 2.22 bits per heavy atom. The summed E-state index contributed by atoms with van der Waals surface area (Å²) in [6.45, 7) is 0. The molecule has 0 aromatic heterocycles. The van der Waals surface area contributed by atoms with Crippen LogP contribution in [0.3, 0.4) is 0 Å². The molecule has 1 aromatic rings. The second kappa shape index (κ2) is 5.28. The summed E-state index contributed by atoms with van der Waals surface area (Å²) in [6.07, 6.45) is 0. The quantitative estimate of drug-likeness (QED) is 0.602. The van der Waals surface area contributed by atoms with Gasteiger partial charge in [-0.25, -0.2) is 4.79 Å². The summed E-state index contributed by atoms with van der Waals surface area (Å²) in [6, 6.07) is 3.50. The minimum absolute atomic E-state index is 0.131. The zero-order valence-corrected chi connectivity index (χ0v) is 10.2. The Morgan fingerprint density at radius 3 is 2.83 bits per heavy atom. The first kappa shape index (κ1) is 12.7. The molecule has 1 unspecified atom stereocenters. The number of carbonyl (C=O) groups excluding carboxylic acids is 1. The van der Waals surface area contributed by atoms with Crippen molar-refractivity contribution in [1.29, 1.82) is 0 Å². The topological polar surface area (TPSA) is 98.7 Å². The highest BCUT2D eigenvalue weighted by Crippen LogP contribution is 2.22. The van der Waals surface area contributed by atoms with Crippen LogP contribution in [0.5, 0.6) is 5.75 Å². The molecule has 1 heterocycles. The number of hydrogen-bond donors (Lipinski definition) is 4. The van der Waals surface area contributed by atoms with Gasteiger partial charge in [-0.1, -0.05) is 0 Å². The van der Waals surface area contributed by atoms with Crippen molar-refractivity contribution in [3.05, 3.63) is 23.8 Å². The summed E-state index contributed by atoms with van der Waals surface area (Å²) in [5.74, 6) is -0.255. The van der Waals surface area contributed by atoms with Gasteiger partial charge in [0.05, 0.1) is 17.3 Å². The van der Waals surface area contributed by atoms with Crippen molar-refractivity contribution in [3.63, 3.8) is 0 Å². The minimum Gasteiger partial charge on any atom is -0.508 e. The van der Waals surface area contributed by atoms with Crippen LogP contribution in [-0.2, 0) is 4.79 Å². The summed E-state index contributed by atoms with van der Waals surface area (Å²) in [7, 11) is 0. The van der Waals surface area contributed by atoms with Crippen molar-refractivity contribution in [2.75, 3.05) is 16.9 Å². The van der Waals surface area contributed by atoms with Crippen LogP contribution < -0.4 is 10.6 Å². The summed E-state index contributed by atoms with van der Waals surface area (Å²) in [5, 5.41) is 23.8. The highest BCUT2D eigenvalue weighted by molar-refractivity contribution is 7.99. The number of carbonyl (C=O) groups is 2. The zero-order chi connectivity index (χ0) is 13.1. The van der Waals surface area contributed by atoms with Gasteiger partial charge in [-0.15, -0.1) is 11.8 Å². The molecule has 0 saturated carbocycles. The van der Waals surface area contributed by atoms with Gasteiger partial charge >= 0.3 is 5.97 Å². The number of benzene rings is 1. The Balaban J connectivity index is 2.17. The van der Waals surface area contributed by atoms with E-state index in [0.29, 0.717) is 11.6 Å². The van der Waals surface area contributed by atoms with Crippen LogP contribution in [0, 0.1) is 0 Å². The van der Waals surface area contributed by atoms with Crippen molar-refractivity contribution in [3.8, 4) is 5.75 Å². The first-order valence-electron chi connectivity index (χ1n) is 5.26. The molecule has 1 fully saturated rings. The number of phenolic OH excluding ortho intramolecular Hbond substituents is 1. The van der Waals surface area contributed by atoms with E-state index in [-0.39, 0.29) is 28.9 Å². The second-order valence-electron chi connectivity index (χ2n) is 3.80. The van der Waals surface area contributed by atoms with Gasteiger partial charge in [-0.3, -0.25) is 10.1 Å². The molecule has 2 rings (SSSR count). The van der Waals surface area contributed by atoms with Crippen molar-refractivity contribution in [2.45, 2.75) is 6.04 Å². The average molecular weight is 268 g/mol. The van der Waals surface area contributed by atoms with Gasteiger partial charge in [0.15, 0.2) is 0 Å². The van der Waals surface area contributed by atoms with Gasteiger partial charge in [-0.05, 0) is 18.2 Å². The van der Waals surface area contributed by atoms with E-state index in [2.05, 4.69) is 10.6 Å². The molecule has 1 atom stereocenters. The molecular formula is C11H12N2O4S. The standard InChI is InChI=1S/C11H12N2O4S/c14-6-1-2-8(7(3-6)11(16)17)13-10(15)9-4-18-5-12-9/h1-3,9,12,14H,4-5H2,(H,13,15)(H,16,17). The van der Waals surface area contributed by atoms with Crippen LogP contribution in [0.1, 0.15) is 10.4 Å². The van der Waals surface area contributed by atoms with E-state index in [1.807, 2.05) is 0 Å². The highest BCUT2D eigenvalue weighted by atomic mass is 32.2. The predicted octanol–water partition coefficient (Wildman–Crippen LogP) is 0.691. The number of carboxylic acid groups (broad SMARTS) is 1. The van der Waals surface area contributed by atoms with E-state index in [0.717, 1.165) is 6.07 Å². The maximum Gasteiger partial charge on any atom is 0.337 e. The third kappa shape index (κ3) is 2.74. The lowest BCUT2D eigenvalue weighted by molar-refractivity contribution is -0.117. The summed E-state index contributed by atoms with van der Waals surface area (Å²) < 4.78 is 0. The number of phenols is 1. The Morgan fingerprint density at radius 1 is 1.44 bits per heavy atom. The van der Waals surface area contributed by atoms with E-state index in [9.17, 15) is 14.7 Å². The fourth-order valence-corrected chi connectivity index (χ4v) is 2.54. The van der Waals surface area contributed by atoms with E-state index in [1.54, 1.807) is 11.8 Å². The number of anilines is 1. The Bertz CT molecular complexity index is 486. The molecular weight excluding hydrogens is 256 g/mol. The zero-order valence-electron chi connectivity index (χ0n) is 9.34. The molecule has 1 amide bonds. The van der Waals surface area contributed by atoms with Gasteiger partial charge in [0.25, 0.3) is 0 Å². The summed E-state index contributed by atoms with van der Waals surface area (Å²) in [4.78, 5) is 22.8. The van der Waals surface area contributed by atoms with Gasteiger partial charge in [0.2, 0.25) is 5.91 Å². The molecule has 1 aromatic carbocycles. The Kier molecular flexibility index (Phi) is 3.73. The lowest BCUT2D eigenvalue weighted by atomic mass is 10.1. The number of amides is 1. The SMILES string of the molecule is O=C(O)c1cc(O)ccc1NC(=O)C1CSCN1. The lowest BCUT2D eigenvalue weighted by Crippen LogP contribution is -2.37. The number of hydrogen-bond acceptors (Lipinski definition) is 5. The fraction of sp³-hybridized carbons (Fsp3) is 0.273.